The highest BCUT2D eigenvalue weighted by Gasteiger charge is 2.31. The predicted octanol–water partition coefficient (Wildman–Crippen LogP) is 2.54. The molecule has 0 aliphatic rings. The monoisotopic (exact) mass is 244 g/mol. The average molecular weight is 244 g/mol. The van der Waals surface area contributed by atoms with E-state index >= 15 is 0 Å². The number of aliphatic hydroxyl groups is 1. The molecule has 0 aromatic heterocycles. The van der Waals surface area contributed by atoms with Gasteiger partial charge in [0.1, 0.15) is 11.6 Å². The first-order valence-corrected chi connectivity index (χ1v) is 5.53. The number of ether oxygens (including phenoxy) is 1. The van der Waals surface area contributed by atoms with E-state index in [1.54, 1.807) is 0 Å². The lowest BCUT2D eigenvalue weighted by Gasteiger charge is -2.31. The second-order valence-electron chi connectivity index (χ2n) is 4.65. The van der Waals surface area contributed by atoms with Gasteiger partial charge < -0.3 is 9.84 Å². The fraction of sp³-hybridized carbons (Fsp3) is 0.538. The summed E-state index contributed by atoms with van der Waals surface area (Å²) in [7, 11) is 1.49. The summed E-state index contributed by atoms with van der Waals surface area (Å²) in [4.78, 5) is 0. The summed E-state index contributed by atoms with van der Waals surface area (Å²) >= 11 is 0. The van der Waals surface area contributed by atoms with E-state index in [1.165, 1.54) is 19.2 Å². The second-order valence-corrected chi connectivity index (χ2v) is 4.65. The number of hydrogen-bond donors (Lipinski definition) is 1. The molecule has 1 rings (SSSR count). The van der Waals surface area contributed by atoms with Gasteiger partial charge in [0.25, 0.3) is 0 Å². The lowest BCUT2D eigenvalue weighted by atomic mass is 9.85. The summed E-state index contributed by atoms with van der Waals surface area (Å²) in [6, 6.07) is 3.27. The number of hydrogen-bond acceptors (Lipinski definition) is 2. The Hall–Kier alpha value is -1.00. The molecule has 0 amide bonds. The topological polar surface area (TPSA) is 29.5 Å². The maximum absolute atomic E-state index is 13.0. The van der Waals surface area contributed by atoms with E-state index < -0.39 is 17.2 Å². The minimum absolute atomic E-state index is 0.0752. The maximum Gasteiger partial charge on any atom is 0.126 e. The van der Waals surface area contributed by atoms with Crippen LogP contribution in [-0.2, 0) is 11.2 Å². The molecule has 0 saturated heterocycles. The number of halogens is 2. The first kappa shape index (κ1) is 14.1. The second kappa shape index (κ2) is 5.56. The number of benzene rings is 1. The zero-order valence-corrected chi connectivity index (χ0v) is 10.3. The van der Waals surface area contributed by atoms with Crippen molar-refractivity contribution >= 4 is 0 Å². The first-order chi connectivity index (χ1) is 7.87. The van der Waals surface area contributed by atoms with E-state index in [-0.39, 0.29) is 18.9 Å². The van der Waals surface area contributed by atoms with Crippen molar-refractivity contribution in [2.45, 2.75) is 25.9 Å². The SMILES string of the molecule is COCC(O)(Cc1cc(F)cc(F)c1)C(C)C. The normalized spacial score (nSPS) is 15.0. The van der Waals surface area contributed by atoms with Crippen molar-refractivity contribution in [3.63, 3.8) is 0 Å². The summed E-state index contributed by atoms with van der Waals surface area (Å²) in [6.45, 7) is 3.81. The molecular formula is C13H18F2O2. The molecule has 0 aliphatic carbocycles. The highest BCUT2D eigenvalue weighted by Crippen LogP contribution is 2.23. The molecule has 1 N–H and O–H groups in total. The molecule has 1 atom stereocenters. The van der Waals surface area contributed by atoms with Crippen LogP contribution in [0.1, 0.15) is 19.4 Å². The number of rotatable bonds is 5. The molecule has 0 radical (unpaired) electrons. The van der Waals surface area contributed by atoms with Crippen molar-refractivity contribution in [2.24, 2.45) is 5.92 Å². The van der Waals surface area contributed by atoms with Crippen LogP contribution in [0, 0.1) is 17.6 Å². The van der Waals surface area contributed by atoms with Crippen LogP contribution in [0.5, 0.6) is 0 Å². The molecule has 1 aromatic carbocycles. The molecule has 96 valence electrons. The minimum atomic E-state index is -1.12. The number of methoxy groups -OCH3 is 1. The van der Waals surface area contributed by atoms with Gasteiger partial charge in [-0.2, -0.15) is 0 Å². The first-order valence-electron chi connectivity index (χ1n) is 5.53. The van der Waals surface area contributed by atoms with Crippen LogP contribution < -0.4 is 0 Å². The molecule has 0 saturated carbocycles. The predicted molar refractivity (Wildman–Crippen MR) is 61.7 cm³/mol. The van der Waals surface area contributed by atoms with Gasteiger partial charge in [0.05, 0.1) is 12.2 Å². The molecule has 17 heavy (non-hydrogen) atoms. The molecule has 4 heteroatoms. The van der Waals surface area contributed by atoms with Gasteiger partial charge in [-0.25, -0.2) is 8.78 Å². The van der Waals surface area contributed by atoms with E-state index in [0.29, 0.717) is 5.56 Å². The van der Waals surface area contributed by atoms with E-state index in [1.807, 2.05) is 13.8 Å². The lowest BCUT2D eigenvalue weighted by molar-refractivity contribution is -0.0637. The fourth-order valence-corrected chi connectivity index (χ4v) is 1.74. The van der Waals surface area contributed by atoms with Crippen LogP contribution in [0.15, 0.2) is 18.2 Å². The van der Waals surface area contributed by atoms with Crippen LogP contribution in [0.25, 0.3) is 0 Å². The summed E-state index contributed by atoms with van der Waals surface area (Å²) in [6.07, 6.45) is 0.160. The Morgan fingerprint density at radius 2 is 1.76 bits per heavy atom. The van der Waals surface area contributed by atoms with Crippen molar-refractivity contribution in [1.82, 2.24) is 0 Å². The smallest absolute Gasteiger partial charge is 0.126 e. The van der Waals surface area contributed by atoms with Crippen molar-refractivity contribution in [2.75, 3.05) is 13.7 Å². The summed E-state index contributed by atoms with van der Waals surface area (Å²) in [5.41, 5.74) is -0.689. The van der Waals surface area contributed by atoms with Crippen LogP contribution in [0.2, 0.25) is 0 Å². The Bertz CT molecular complexity index is 359. The van der Waals surface area contributed by atoms with Crippen LogP contribution in [0.3, 0.4) is 0 Å². The zero-order chi connectivity index (χ0) is 13.1. The summed E-state index contributed by atoms with van der Waals surface area (Å²) in [5, 5.41) is 10.4. The Kier molecular flexibility index (Phi) is 4.60. The van der Waals surface area contributed by atoms with Crippen LogP contribution >= 0.6 is 0 Å². The summed E-state index contributed by atoms with van der Waals surface area (Å²) in [5.74, 6) is -1.35. The minimum Gasteiger partial charge on any atom is -0.387 e. The van der Waals surface area contributed by atoms with Crippen LogP contribution in [0.4, 0.5) is 8.78 Å². The van der Waals surface area contributed by atoms with Crippen molar-refractivity contribution in [3.8, 4) is 0 Å². The van der Waals surface area contributed by atoms with E-state index in [9.17, 15) is 13.9 Å². The zero-order valence-electron chi connectivity index (χ0n) is 10.3. The van der Waals surface area contributed by atoms with Gasteiger partial charge in [0.2, 0.25) is 0 Å². The van der Waals surface area contributed by atoms with Gasteiger partial charge in [0.15, 0.2) is 0 Å². The van der Waals surface area contributed by atoms with Crippen molar-refractivity contribution in [1.29, 1.82) is 0 Å². The Morgan fingerprint density at radius 1 is 1.24 bits per heavy atom. The third-order valence-corrected chi connectivity index (χ3v) is 2.90. The highest BCUT2D eigenvalue weighted by molar-refractivity contribution is 5.20. The average Bonchev–Trinajstić information content (AvgIpc) is 2.15. The highest BCUT2D eigenvalue weighted by atomic mass is 19.1. The third kappa shape index (κ3) is 3.75. The van der Waals surface area contributed by atoms with E-state index in [2.05, 4.69) is 0 Å². The van der Waals surface area contributed by atoms with Crippen molar-refractivity contribution in [3.05, 3.63) is 35.4 Å². The lowest BCUT2D eigenvalue weighted by Crippen LogP contribution is -2.42. The van der Waals surface area contributed by atoms with Gasteiger partial charge in [-0.3, -0.25) is 0 Å². The molecule has 0 bridgehead atoms. The van der Waals surface area contributed by atoms with Gasteiger partial charge in [-0.05, 0) is 23.6 Å². The van der Waals surface area contributed by atoms with Gasteiger partial charge in [-0.1, -0.05) is 13.8 Å². The fourth-order valence-electron chi connectivity index (χ4n) is 1.74. The van der Waals surface area contributed by atoms with Gasteiger partial charge in [0, 0.05) is 19.6 Å². The van der Waals surface area contributed by atoms with E-state index in [4.69, 9.17) is 4.74 Å². The molecule has 1 unspecified atom stereocenters. The Labute approximate surface area is 100 Å². The molecule has 0 spiro atoms. The molecule has 0 heterocycles. The molecule has 2 nitrogen and oxygen atoms in total. The van der Waals surface area contributed by atoms with Gasteiger partial charge >= 0.3 is 0 Å². The maximum atomic E-state index is 13.0. The van der Waals surface area contributed by atoms with Crippen LogP contribution in [-0.4, -0.2) is 24.4 Å². The van der Waals surface area contributed by atoms with Gasteiger partial charge in [-0.15, -0.1) is 0 Å². The molecule has 0 fully saturated rings. The van der Waals surface area contributed by atoms with E-state index in [0.717, 1.165) is 6.07 Å². The Morgan fingerprint density at radius 3 is 2.18 bits per heavy atom. The third-order valence-electron chi connectivity index (χ3n) is 2.90. The largest absolute Gasteiger partial charge is 0.387 e. The molecule has 0 aliphatic heterocycles. The quantitative estimate of drug-likeness (QED) is 0.862. The molecule has 1 aromatic rings. The standard InChI is InChI=1S/C13H18F2O2/c1-9(2)13(16,8-17-3)7-10-4-11(14)6-12(15)5-10/h4-6,9,16H,7-8H2,1-3H3. The summed E-state index contributed by atoms with van der Waals surface area (Å²) < 4.78 is 31.0. The molecular weight excluding hydrogens is 226 g/mol. The van der Waals surface area contributed by atoms with Crippen molar-refractivity contribution < 1.29 is 18.6 Å². The Balaban J connectivity index is 2.93.